The first-order valence-electron chi connectivity index (χ1n) is 8.66. The molecule has 1 aromatic carbocycles. The number of rotatable bonds is 6. The number of carbonyl (C=O) groups excluding carboxylic acids is 2. The molecular formula is C17H23N3O6S. The number of ether oxygens (including phenoxy) is 2. The quantitative estimate of drug-likeness (QED) is 0.593. The monoisotopic (exact) mass is 397 g/mol. The Hall–Kier alpha value is -2.17. The first kappa shape index (κ1) is 19.6. The Balaban J connectivity index is 1.64. The van der Waals surface area contributed by atoms with Crippen LogP contribution in [0.5, 0.6) is 5.75 Å². The first-order chi connectivity index (χ1) is 12.8. The minimum absolute atomic E-state index is 0.0996. The number of carbonyl (C=O) groups is 2. The van der Waals surface area contributed by atoms with Gasteiger partial charge in [-0.3, -0.25) is 9.59 Å². The van der Waals surface area contributed by atoms with Gasteiger partial charge in [-0.25, -0.2) is 8.42 Å². The molecule has 1 aromatic rings. The molecule has 2 fully saturated rings. The molecular weight excluding hydrogens is 374 g/mol. The number of amides is 2. The second-order valence-electron chi connectivity index (χ2n) is 6.55. The molecule has 1 spiro atoms. The van der Waals surface area contributed by atoms with Gasteiger partial charge in [-0.15, -0.1) is 0 Å². The lowest BCUT2D eigenvalue weighted by Crippen LogP contribution is -2.62. The molecule has 0 bridgehead atoms. The Labute approximate surface area is 158 Å². The summed E-state index contributed by atoms with van der Waals surface area (Å²) >= 11 is 0. The second-order valence-corrected chi connectivity index (χ2v) is 8.54. The number of hydrogen-bond acceptors (Lipinski definition) is 6. The molecule has 2 aliphatic rings. The molecule has 0 radical (unpaired) electrons. The van der Waals surface area contributed by atoms with Gasteiger partial charge in [0.1, 0.15) is 12.4 Å². The highest BCUT2D eigenvalue weighted by Gasteiger charge is 2.59. The fraction of sp³-hybridized carbons (Fsp3) is 0.529. The zero-order chi connectivity index (χ0) is 19.5. The average Bonchev–Trinajstić information content (AvgIpc) is 3.03. The average molecular weight is 397 g/mol. The number of nitrogens with one attached hydrogen (secondary N) is 2. The van der Waals surface area contributed by atoms with Gasteiger partial charge in [0.2, 0.25) is 15.9 Å². The van der Waals surface area contributed by atoms with Crippen LogP contribution in [0.4, 0.5) is 0 Å². The van der Waals surface area contributed by atoms with Crippen molar-refractivity contribution in [1.82, 2.24) is 14.9 Å². The van der Waals surface area contributed by atoms with Gasteiger partial charge >= 0.3 is 0 Å². The Morgan fingerprint density at radius 2 is 2.15 bits per heavy atom. The van der Waals surface area contributed by atoms with Crippen molar-refractivity contribution in [2.24, 2.45) is 5.92 Å². The van der Waals surface area contributed by atoms with E-state index in [0.717, 1.165) is 10.6 Å². The van der Waals surface area contributed by atoms with Gasteiger partial charge in [0, 0.05) is 13.1 Å². The minimum atomic E-state index is -3.56. The van der Waals surface area contributed by atoms with Crippen molar-refractivity contribution in [2.45, 2.75) is 5.60 Å². The molecule has 2 N–H and O–H groups in total. The van der Waals surface area contributed by atoms with E-state index in [2.05, 4.69) is 10.6 Å². The molecule has 0 aromatic heterocycles. The highest BCUT2D eigenvalue weighted by Crippen LogP contribution is 2.34. The molecule has 0 aliphatic carbocycles. The third-order valence-electron chi connectivity index (χ3n) is 4.69. The van der Waals surface area contributed by atoms with Gasteiger partial charge in [0.15, 0.2) is 5.60 Å². The third-order valence-corrected chi connectivity index (χ3v) is 5.91. The highest BCUT2D eigenvalue weighted by molar-refractivity contribution is 7.88. The lowest BCUT2D eigenvalue weighted by Gasteiger charge is -2.36. The van der Waals surface area contributed by atoms with Crippen LogP contribution >= 0.6 is 0 Å². The summed E-state index contributed by atoms with van der Waals surface area (Å²) in [7, 11) is -3.56. The largest absolute Gasteiger partial charge is 0.492 e. The van der Waals surface area contributed by atoms with Crippen LogP contribution in [0, 0.1) is 5.92 Å². The predicted octanol–water partition coefficient (Wildman–Crippen LogP) is -1.04. The second kappa shape index (κ2) is 7.83. The maximum absolute atomic E-state index is 12.7. The van der Waals surface area contributed by atoms with Gasteiger partial charge in [-0.05, 0) is 12.1 Å². The molecule has 2 atom stereocenters. The molecule has 2 amide bonds. The Kier molecular flexibility index (Phi) is 5.68. The zero-order valence-electron chi connectivity index (χ0n) is 15.0. The van der Waals surface area contributed by atoms with Gasteiger partial charge in [0.05, 0.1) is 31.9 Å². The summed E-state index contributed by atoms with van der Waals surface area (Å²) in [6, 6.07) is 9.16. The van der Waals surface area contributed by atoms with E-state index >= 15 is 0 Å². The number of benzene rings is 1. The van der Waals surface area contributed by atoms with Crippen molar-refractivity contribution in [2.75, 3.05) is 45.6 Å². The van der Waals surface area contributed by atoms with Crippen LogP contribution < -0.4 is 15.4 Å². The van der Waals surface area contributed by atoms with Crippen molar-refractivity contribution in [3.63, 3.8) is 0 Å². The van der Waals surface area contributed by atoms with E-state index in [-0.39, 0.29) is 32.8 Å². The topological polar surface area (TPSA) is 114 Å². The molecule has 148 valence electrons. The number of nitrogens with zero attached hydrogens (tertiary/aromatic N) is 1. The van der Waals surface area contributed by atoms with E-state index in [0.29, 0.717) is 12.3 Å². The lowest BCUT2D eigenvalue weighted by atomic mass is 9.88. The molecule has 27 heavy (non-hydrogen) atoms. The van der Waals surface area contributed by atoms with Crippen LogP contribution in [-0.4, -0.2) is 75.8 Å². The molecule has 0 unspecified atom stereocenters. The van der Waals surface area contributed by atoms with Crippen LogP contribution in [0.1, 0.15) is 0 Å². The van der Waals surface area contributed by atoms with Crippen LogP contribution in [0.3, 0.4) is 0 Å². The zero-order valence-corrected chi connectivity index (χ0v) is 15.8. The van der Waals surface area contributed by atoms with Gasteiger partial charge in [0.25, 0.3) is 5.91 Å². The van der Waals surface area contributed by atoms with Crippen molar-refractivity contribution in [3.05, 3.63) is 30.3 Å². The number of para-hydroxylation sites is 1. The Morgan fingerprint density at radius 3 is 2.81 bits per heavy atom. The fourth-order valence-corrected chi connectivity index (χ4v) is 4.15. The van der Waals surface area contributed by atoms with E-state index in [9.17, 15) is 18.0 Å². The summed E-state index contributed by atoms with van der Waals surface area (Å²) in [6.07, 6.45) is 1.05. The van der Waals surface area contributed by atoms with Crippen LogP contribution in [0.15, 0.2) is 30.3 Å². The van der Waals surface area contributed by atoms with Crippen molar-refractivity contribution in [1.29, 1.82) is 0 Å². The first-order valence-corrected chi connectivity index (χ1v) is 10.5. The van der Waals surface area contributed by atoms with Crippen LogP contribution in [-0.2, 0) is 24.3 Å². The predicted molar refractivity (Wildman–Crippen MR) is 96.5 cm³/mol. The van der Waals surface area contributed by atoms with Crippen molar-refractivity contribution < 1.29 is 27.5 Å². The van der Waals surface area contributed by atoms with Gasteiger partial charge < -0.3 is 20.1 Å². The highest BCUT2D eigenvalue weighted by atomic mass is 32.2. The van der Waals surface area contributed by atoms with E-state index < -0.39 is 33.4 Å². The fourth-order valence-electron chi connectivity index (χ4n) is 3.31. The standard InChI is InChI=1S/C17H23N3O6S/c1-27(23,24)20-11-14(17(12-20)16(22)19-8-10-26-17)15(21)18-7-9-25-13-5-3-2-4-6-13/h2-6,14H,7-12H2,1H3,(H,18,21)(H,19,22)/t14-,17-/m1/s1. The number of morpholine rings is 1. The number of sulfonamides is 1. The minimum Gasteiger partial charge on any atom is -0.492 e. The smallest absolute Gasteiger partial charge is 0.254 e. The maximum Gasteiger partial charge on any atom is 0.254 e. The van der Waals surface area contributed by atoms with Gasteiger partial charge in [-0.2, -0.15) is 4.31 Å². The maximum atomic E-state index is 12.7. The van der Waals surface area contributed by atoms with Gasteiger partial charge in [-0.1, -0.05) is 18.2 Å². The lowest BCUT2D eigenvalue weighted by molar-refractivity contribution is -0.163. The molecule has 9 nitrogen and oxygen atoms in total. The third kappa shape index (κ3) is 4.23. The summed E-state index contributed by atoms with van der Waals surface area (Å²) in [5.41, 5.74) is -1.49. The van der Waals surface area contributed by atoms with Crippen molar-refractivity contribution in [3.8, 4) is 5.75 Å². The van der Waals surface area contributed by atoms with E-state index in [1.807, 2.05) is 18.2 Å². The van der Waals surface area contributed by atoms with Crippen LogP contribution in [0.25, 0.3) is 0 Å². The van der Waals surface area contributed by atoms with E-state index in [1.54, 1.807) is 12.1 Å². The SMILES string of the molecule is CS(=O)(=O)N1C[C@H](C(=O)NCCOc2ccccc2)[C@@]2(C1)OCCNC2=O. The summed E-state index contributed by atoms with van der Waals surface area (Å²) < 4.78 is 36.2. The molecule has 10 heteroatoms. The summed E-state index contributed by atoms with van der Waals surface area (Å²) in [6.45, 7) is 0.760. The molecule has 2 heterocycles. The normalized spacial score (nSPS) is 26.0. The number of hydrogen-bond donors (Lipinski definition) is 2. The summed E-state index contributed by atoms with van der Waals surface area (Å²) in [5, 5.41) is 5.38. The summed E-state index contributed by atoms with van der Waals surface area (Å²) in [4.78, 5) is 25.2. The molecule has 0 saturated carbocycles. The summed E-state index contributed by atoms with van der Waals surface area (Å²) in [5.74, 6) is -1.14. The molecule has 3 rings (SSSR count). The van der Waals surface area contributed by atoms with E-state index in [4.69, 9.17) is 9.47 Å². The van der Waals surface area contributed by atoms with Crippen molar-refractivity contribution >= 4 is 21.8 Å². The van der Waals surface area contributed by atoms with E-state index in [1.165, 1.54) is 0 Å². The Bertz CT molecular complexity index is 800. The van der Waals surface area contributed by atoms with Crippen LogP contribution in [0.2, 0.25) is 0 Å². The molecule has 2 saturated heterocycles. The Morgan fingerprint density at radius 1 is 1.41 bits per heavy atom. The molecule has 2 aliphatic heterocycles.